The summed E-state index contributed by atoms with van der Waals surface area (Å²) < 4.78 is 22.6. The van der Waals surface area contributed by atoms with Crippen LogP contribution in [0.15, 0.2) is 0 Å². The maximum absolute atomic E-state index is 5.99. The molecule has 1 rings (SSSR count). The summed E-state index contributed by atoms with van der Waals surface area (Å²) >= 11 is 0. The Kier molecular flexibility index (Phi) is 8.09. The van der Waals surface area contributed by atoms with Crippen molar-refractivity contribution in [2.24, 2.45) is 0 Å². The van der Waals surface area contributed by atoms with Gasteiger partial charge in [-0.2, -0.15) is 0 Å². The van der Waals surface area contributed by atoms with Crippen LogP contribution in [0.3, 0.4) is 0 Å². The van der Waals surface area contributed by atoms with Crippen LogP contribution < -0.4 is 0 Å². The zero-order valence-electron chi connectivity index (χ0n) is 12.1. The van der Waals surface area contributed by atoms with E-state index in [0.717, 1.165) is 51.7 Å². The fraction of sp³-hybridized carbons (Fsp3) is 1.00. The van der Waals surface area contributed by atoms with Crippen LogP contribution in [0, 0.1) is 0 Å². The molecule has 1 heterocycles. The van der Waals surface area contributed by atoms with Crippen LogP contribution in [0.1, 0.15) is 39.5 Å². The number of rotatable bonds is 11. The molecule has 2 atom stereocenters. The molecule has 1 aliphatic rings. The van der Waals surface area contributed by atoms with Crippen LogP contribution in [-0.2, 0) is 18.3 Å². The molecular weight excluding hydrogens is 248 g/mol. The minimum atomic E-state index is -1.97. The van der Waals surface area contributed by atoms with E-state index < -0.39 is 8.56 Å². The second kappa shape index (κ2) is 9.04. The smallest absolute Gasteiger partial charge is 0.335 e. The predicted octanol–water partition coefficient (Wildman–Crippen LogP) is 3.06. The van der Waals surface area contributed by atoms with Gasteiger partial charge in [0.1, 0.15) is 0 Å². The molecule has 1 aliphatic heterocycles. The fourth-order valence-corrected chi connectivity index (χ4v) is 4.22. The van der Waals surface area contributed by atoms with Gasteiger partial charge in [-0.3, -0.25) is 0 Å². The molecule has 1 saturated heterocycles. The van der Waals surface area contributed by atoms with Crippen molar-refractivity contribution < 1.29 is 18.3 Å². The van der Waals surface area contributed by atoms with Crippen molar-refractivity contribution in [3.05, 3.63) is 0 Å². The summed E-state index contributed by atoms with van der Waals surface area (Å²) in [6.07, 6.45) is 4.36. The summed E-state index contributed by atoms with van der Waals surface area (Å²) in [4.78, 5) is 0. The average Bonchev–Trinajstić information content (AvgIpc) is 2.27. The van der Waals surface area contributed by atoms with Crippen LogP contribution in [0.4, 0.5) is 0 Å². The summed E-state index contributed by atoms with van der Waals surface area (Å²) in [5.41, 5.74) is 0. The quantitative estimate of drug-likeness (QED) is 0.429. The number of hydrogen-bond acceptors (Lipinski definition) is 4. The normalized spacial score (nSPS) is 22.5. The maximum Gasteiger partial charge on any atom is 0.335 e. The summed E-state index contributed by atoms with van der Waals surface area (Å²) in [5, 5.41) is 0. The van der Waals surface area contributed by atoms with Gasteiger partial charge in [-0.15, -0.1) is 0 Å². The highest BCUT2D eigenvalue weighted by atomic mass is 28.4. The van der Waals surface area contributed by atoms with Crippen molar-refractivity contribution in [1.29, 1.82) is 0 Å². The molecule has 108 valence electrons. The van der Waals surface area contributed by atoms with Crippen molar-refractivity contribution in [2.45, 2.75) is 58.4 Å². The third-order valence-electron chi connectivity index (χ3n) is 3.09. The lowest BCUT2D eigenvalue weighted by Crippen LogP contribution is -2.39. The molecule has 0 saturated carbocycles. The molecule has 0 N–H and O–H groups in total. The molecule has 0 bridgehead atoms. The Balaban J connectivity index is 2.13. The largest absolute Gasteiger partial charge is 0.395 e. The summed E-state index contributed by atoms with van der Waals surface area (Å²) in [5.74, 6) is 0. The zero-order valence-corrected chi connectivity index (χ0v) is 13.1. The van der Waals surface area contributed by atoms with Gasteiger partial charge in [0.15, 0.2) is 6.29 Å². The van der Waals surface area contributed by atoms with E-state index in [2.05, 4.69) is 13.5 Å². The van der Waals surface area contributed by atoms with Gasteiger partial charge in [-0.05, 0) is 32.4 Å². The minimum absolute atomic E-state index is 0.0472. The van der Waals surface area contributed by atoms with Gasteiger partial charge in [0.2, 0.25) is 0 Å². The van der Waals surface area contributed by atoms with E-state index in [4.69, 9.17) is 18.3 Å². The van der Waals surface area contributed by atoms with E-state index in [1.165, 1.54) is 6.42 Å². The molecule has 0 aliphatic carbocycles. The number of unbranched alkanes of at least 4 members (excludes halogenated alkanes) is 1. The third-order valence-corrected chi connectivity index (χ3v) is 6.07. The molecule has 0 amide bonds. The Morgan fingerprint density at radius 3 is 2.50 bits per heavy atom. The van der Waals surface area contributed by atoms with E-state index in [-0.39, 0.29) is 6.29 Å². The average molecular weight is 276 g/mol. The first-order valence-corrected chi connectivity index (χ1v) is 9.73. The van der Waals surface area contributed by atoms with Gasteiger partial charge in [-0.1, -0.05) is 13.3 Å². The predicted molar refractivity (Wildman–Crippen MR) is 73.8 cm³/mol. The summed E-state index contributed by atoms with van der Waals surface area (Å²) in [6.45, 7) is 9.52. The van der Waals surface area contributed by atoms with E-state index in [1.54, 1.807) is 0 Å². The van der Waals surface area contributed by atoms with E-state index in [1.807, 2.05) is 6.92 Å². The SMILES string of the molecule is CCCCO[Si](C)(CCCOC1CCO1)OCC. The summed E-state index contributed by atoms with van der Waals surface area (Å²) in [6, 6.07) is 0.997. The van der Waals surface area contributed by atoms with Gasteiger partial charge in [-0.25, -0.2) is 0 Å². The second-order valence-corrected chi connectivity index (χ2v) is 8.18. The highest BCUT2D eigenvalue weighted by Crippen LogP contribution is 2.18. The van der Waals surface area contributed by atoms with E-state index in [0.29, 0.717) is 0 Å². The standard InChI is InChI=1S/C13H28O4Si/c1-4-6-10-17-18(3,16-5-2)12-7-9-14-13-8-11-15-13/h13H,4-12H2,1-3H3. The summed E-state index contributed by atoms with van der Waals surface area (Å²) in [7, 11) is -1.97. The van der Waals surface area contributed by atoms with Crippen LogP contribution in [0.2, 0.25) is 12.6 Å². The van der Waals surface area contributed by atoms with Gasteiger partial charge in [0, 0.05) is 26.2 Å². The Labute approximate surface area is 112 Å². The lowest BCUT2D eigenvalue weighted by atomic mass is 10.3. The van der Waals surface area contributed by atoms with Crippen molar-refractivity contribution in [3.8, 4) is 0 Å². The number of ether oxygens (including phenoxy) is 2. The Morgan fingerprint density at radius 2 is 1.94 bits per heavy atom. The molecule has 0 aromatic rings. The molecule has 1 fully saturated rings. The Hall–Kier alpha value is 0.0569. The van der Waals surface area contributed by atoms with Gasteiger partial charge in [0.25, 0.3) is 0 Å². The fourth-order valence-electron chi connectivity index (χ4n) is 1.88. The molecule has 0 radical (unpaired) electrons. The first-order chi connectivity index (χ1) is 8.70. The van der Waals surface area contributed by atoms with E-state index in [9.17, 15) is 0 Å². The molecular formula is C13H28O4Si. The van der Waals surface area contributed by atoms with Crippen LogP contribution in [0.25, 0.3) is 0 Å². The third kappa shape index (κ3) is 6.29. The second-order valence-electron chi connectivity index (χ2n) is 4.83. The van der Waals surface area contributed by atoms with Crippen molar-refractivity contribution in [3.63, 3.8) is 0 Å². The first-order valence-electron chi connectivity index (χ1n) is 7.21. The maximum atomic E-state index is 5.99. The topological polar surface area (TPSA) is 36.9 Å². The Bertz CT molecular complexity index is 211. The van der Waals surface area contributed by atoms with Gasteiger partial charge >= 0.3 is 8.56 Å². The molecule has 0 aromatic heterocycles. The van der Waals surface area contributed by atoms with Gasteiger partial charge < -0.3 is 18.3 Å². The highest BCUT2D eigenvalue weighted by molar-refractivity contribution is 6.66. The molecule has 18 heavy (non-hydrogen) atoms. The highest BCUT2D eigenvalue weighted by Gasteiger charge is 2.30. The first kappa shape index (κ1) is 16.1. The lowest BCUT2D eigenvalue weighted by Gasteiger charge is -2.28. The monoisotopic (exact) mass is 276 g/mol. The molecule has 4 nitrogen and oxygen atoms in total. The zero-order chi connectivity index (χ0) is 13.3. The van der Waals surface area contributed by atoms with Gasteiger partial charge in [0.05, 0.1) is 6.61 Å². The minimum Gasteiger partial charge on any atom is -0.395 e. The molecule has 2 unspecified atom stereocenters. The molecule has 0 spiro atoms. The van der Waals surface area contributed by atoms with Crippen LogP contribution in [0.5, 0.6) is 0 Å². The van der Waals surface area contributed by atoms with Crippen LogP contribution in [-0.4, -0.2) is 41.3 Å². The van der Waals surface area contributed by atoms with Crippen molar-refractivity contribution in [2.75, 3.05) is 26.4 Å². The Morgan fingerprint density at radius 1 is 1.17 bits per heavy atom. The molecule has 0 aromatic carbocycles. The molecule has 5 heteroatoms. The van der Waals surface area contributed by atoms with Crippen LogP contribution >= 0.6 is 0 Å². The lowest BCUT2D eigenvalue weighted by molar-refractivity contribution is -0.214. The number of hydrogen-bond donors (Lipinski definition) is 0. The van der Waals surface area contributed by atoms with E-state index >= 15 is 0 Å². The van der Waals surface area contributed by atoms with Crippen molar-refractivity contribution >= 4 is 8.56 Å². The van der Waals surface area contributed by atoms with Crippen molar-refractivity contribution in [1.82, 2.24) is 0 Å².